The fraction of sp³-hybridized carbons (Fsp3) is 0.900. The normalized spacial score (nSPS) is 14.7. The number of esters is 1. The first-order valence-electron chi connectivity index (χ1n) is 5.14. The Labute approximate surface area is 95.9 Å². The second-order valence-electron chi connectivity index (χ2n) is 3.29. The molecule has 4 nitrogen and oxygen atoms in total. The first-order valence-corrected chi connectivity index (χ1v) is 6.54. The molecule has 2 atom stereocenters. The molecule has 90 valence electrons. The van der Waals surface area contributed by atoms with E-state index in [1.54, 1.807) is 18.7 Å². The van der Waals surface area contributed by atoms with Gasteiger partial charge in [-0.15, -0.1) is 0 Å². The molecule has 0 bridgehead atoms. The second kappa shape index (κ2) is 9.00. The molecule has 0 fully saturated rings. The Morgan fingerprint density at radius 2 is 2.20 bits per heavy atom. The first-order chi connectivity index (χ1) is 7.11. The molecule has 5 heteroatoms. The Hall–Kier alpha value is -0.260. The number of rotatable bonds is 8. The molecule has 0 saturated heterocycles. The van der Waals surface area contributed by atoms with Crippen molar-refractivity contribution < 1.29 is 14.3 Å². The van der Waals surface area contributed by atoms with Crippen LogP contribution in [0.5, 0.6) is 0 Å². The van der Waals surface area contributed by atoms with Gasteiger partial charge < -0.3 is 15.2 Å². The van der Waals surface area contributed by atoms with Gasteiger partial charge in [0.1, 0.15) is 12.1 Å². The fourth-order valence-electron chi connectivity index (χ4n) is 0.966. The molecule has 0 aliphatic heterocycles. The van der Waals surface area contributed by atoms with E-state index < -0.39 is 6.04 Å². The predicted molar refractivity (Wildman–Crippen MR) is 63.0 cm³/mol. The van der Waals surface area contributed by atoms with Crippen molar-refractivity contribution in [2.24, 2.45) is 5.73 Å². The number of ether oxygens (including phenoxy) is 2. The largest absolute Gasteiger partial charge is 0.459 e. The smallest absolute Gasteiger partial charge is 0.323 e. The van der Waals surface area contributed by atoms with Crippen molar-refractivity contribution in [3.05, 3.63) is 0 Å². The molecule has 0 heterocycles. The van der Waals surface area contributed by atoms with Gasteiger partial charge in [-0.3, -0.25) is 4.79 Å². The molecular weight excluding hydrogens is 214 g/mol. The van der Waals surface area contributed by atoms with Crippen molar-refractivity contribution >= 4 is 17.7 Å². The number of hydrogen-bond donors (Lipinski definition) is 1. The van der Waals surface area contributed by atoms with E-state index in [2.05, 4.69) is 0 Å². The molecule has 0 aromatic rings. The van der Waals surface area contributed by atoms with Gasteiger partial charge >= 0.3 is 5.97 Å². The van der Waals surface area contributed by atoms with Crippen LogP contribution in [-0.4, -0.2) is 43.3 Å². The standard InChI is InChI=1S/C10H21NO3S/c1-4-13-7-8(2)14-10(12)9(11)5-6-15-3/h8-9H,4-7,11H2,1-3H3/t8?,9-/m1/s1. The van der Waals surface area contributed by atoms with Crippen LogP contribution >= 0.6 is 11.8 Å². The maximum absolute atomic E-state index is 11.4. The van der Waals surface area contributed by atoms with Crippen molar-refractivity contribution in [3.8, 4) is 0 Å². The van der Waals surface area contributed by atoms with Crippen LogP contribution in [0.1, 0.15) is 20.3 Å². The molecule has 0 aliphatic carbocycles. The van der Waals surface area contributed by atoms with Gasteiger partial charge in [-0.2, -0.15) is 11.8 Å². The van der Waals surface area contributed by atoms with Crippen molar-refractivity contribution in [1.82, 2.24) is 0 Å². The molecule has 0 amide bonds. The highest BCUT2D eigenvalue weighted by atomic mass is 32.2. The van der Waals surface area contributed by atoms with Gasteiger partial charge in [0.15, 0.2) is 0 Å². The van der Waals surface area contributed by atoms with Crippen molar-refractivity contribution in [2.75, 3.05) is 25.2 Å². The number of carbonyl (C=O) groups excluding carboxylic acids is 1. The second-order valence-corrected chi connectivity index (χ2v) is 4.28. The highest BCUT2D eigenvalue weighted by Crippen LogP contribution is 2.02. The number of hydrogen-bond acceptors (Lipinski definition) is 5. The summed E-state index contributed by atoms with van der Waals surface area (Å²) in [6, 6.07) is -0.512. The summed E-state index contributed by atoms with van der Waals surface area (Å²) >= 11 is 1.67. The van der Waals surface area contributed by atoms with Gasteiger partial charge in [-0.1, -0.05) is 0 Å². The van der Waals surface area contributed by atoms with Crippen molar-refractivity contribution in [2.45, 2.75) is 32.4 Å². The average Bonchev–Trinajstić information content (AvgIpc) is 2.22. The zero-order chi connectivity index (χ0) is 11.7. The fourth-order valence-corrected chi connectivity index (χ4v) is 1.46. The Morgan fingerprint density at radius 1 is 1.53 bits per heavy atom. The highest BCUT2D eigenvalue weighted by molar-refractivity contribution is 7.98. The molecule has 0 aliphatic rings. The monoisotopic (exact) mass is 235 g/mol. The van der Waals surface area contributed by atoms with Gasteiger partial charge in [0, 0.05) is 6.61 Å². The molecule has 0 saturated carbocycles. The molecular formula is C10H21NO3S. The summed E-state index contributed by atoms with van der Waals surface area (Å²) in [5, 5.41) is 0. The van der Waals surface area contributed by atoms with Gasteiger partial charge in [-0.05, 0) is 32.3 Å². The van der Waals surface area contributed by atoms with E-state index in [0.29, 0.717) is 19.6 Å². The van der Waals surface area contributed by atoms with Crippen molar-refractivity contribution in [3.63, 3.8) is 0 Å². The molecule has 0 rings (SSSR count). The maximum Gasteiger partial charge on any atom is 0.323 e. The van der Waals surface area contributed by atoms with Gasteiger partial charge in [0.25, 0.3) is 0 Å². The maximum atomic E-state index is 11.4. The summed E-state index contributed by atoms with van der Waals surface area (Å²) in [7, 11) is 0. The summed E-state index contributed by atoms with van der Waals surface area (Å²) in [6.45, 7) is 4.76. The Balaban J connectivity index is 3.70. The van der Waals surface area contributed by atoms with E-state index >= 15 is 0 Å². The lowest BCUT2D eigenvalue weighted by atomic mass is 10.2. The van der Waals surface area contributed by atoms with Crippen LogP contribution in [0.2, 0.25) is 0 Å². The minimum absolute atomic E-state index is 0.224. The zero-order valence-electron chi connectivity index (χ0n) is 9.69. The topological polar surface area (TPSA) is 61.5 Å². The molecule has 0 spiro atoms. The lowest BCUT2D eigenvalue weighted by molar-refractivity contribution is -0.152. The predicted octanol–water partition coefficient (Wildman–Crippen LogP) is 1.04. The zero-order valence-corrected chi connectivity index (χ0v) is 10.5. The van der Waals surface area contributed by atoms with Crippen LogP contribution in [0.15, 0.2) is 0 Å². The third-order valence-electron chi connectivity index (χ3n) is 1.81. The lowest BCUT2D eigenvalue weighted by Crippen LogP contribution is -2.35. The van der Waals surface area contributed by atoms with Gasteiger partial charge in [-0.25, -0.2) is 0 Å². The number of nitrogens with two attached hydrogens (primary N) is 1. The molecule has 0 aromatic carbocycles. The van der Waals surface area contributed by atoms with Crippen LogP contribution in [0, 0.1) is 0 Å². The SMILES string of the molecule is CCOCC(C)OC(=O)[C@H](N)CCSC. The molecule has 2 N–H and O–H groups in total. The van der Waals surface area contributed by atoms with Crippen LogP contribution in [-0.2, 0) is 14.3 Å². The molecule has 15 heavy (non-hydrogen) atoms. The Kier molecular flexibility index (Phi) is 8.85. The Morgan fingerprint density at radius 3 is 2.73 bits per heavy atom. The quantitative estimate of drug-likeness (QED) is 0.637. The van der Waals surface area contributed by atoms with Gasteiger partial charge in [0.05, 0.1) is 6.61 Å². The highest BCUT2D eigenvalue weighted by Gasteiger charge is 2.17. The van der Waals surface area contributed by atoms with Crippen LogP contribution < -0.4 is 5.73 Å². The minimum Gasteiger partial charge on any atom is -0.459 e. The third kappa shape index (κ3) is 7.64. The van der Waals surface area contributed by atoms with Gasteiger partial charge in [0.2, 0.25) is 0 Å². The van der Waals surface area contributed by atoms with Crippen molar-refractivity contribution in [1.29, 1.82) is 0 Å². The first kappa shape index (κ1) is 14.7. The summed E-state index contributed by atoms with van der Waals surface area (Å²) in [5.41, 5.74) is 5.65. The van der Waals surface area contributed by atoms with E-state index in [-0.39, 0.29) is 12.1 Å². The summed E-state index contributed by atoms with van der Waals surface area (Å²) < 4.78 is 10.2. The van der Waals surface area contributed by atoms with Crippen LogP contribution in [0.4, 0.5) is 0 Å². The van der Waals surface area contributed by atoms with E-state index in [9.17, 15) is 4.79 Å². The average molecular weight is 235 g/mol. The van der Waals surface area contributed by atoms with E-state index in [4.69, 9.17) is 15.2 Å². The number of carbonyl (C=O) groups is 1. The molecule has 0 aromatic heterocycles. The lowest BCUT2D eigenvalue weighted by Gasteiger charge is -2.16. The van der Waals surface area contributed by atoms with Crippen LogP contribution in [0.3, 0.4) is 0 Å². The summed E-state index contributed by atoms with van der Waals surface area (Å²) in [6.07, 6.45) is 2.41. The molecule has 1 unspecified atom stereocenters. The minimum atomic E-state index is -0.512. The van der Waals surface area contributed by atoms with E-state index in [1.807, 2.05) is 13.2 Å². The summed E-state index contributed by atoms with van der Waals surface area (Å²) in [4.78, 5) is 11.4. The number of thioether (sulfide) groups is 1. The van der Waals surface area contributed by atoms with Crippen LogP contribution in [0.25, 0.3) is 0 Å². The Bertz CT molecular complexity index is 178. The third-order valence-corrected chi connectivity index (χ3v) is 2.45. The van der Waals surface area contributed by atoms with E-state index in [1.165, 1.54) is 0 Å². The summed E-state index contributed by atoms with van der Waals surface area (Å²) in [5.74, 6) is 0.534. The molecule has 0 radical (unpaired) electrons. The van der Waals surface area contributed by atoms with E-state index in [0.717, 1.165) is 5.75 Å².